The van der Waals surface area contributed by atoms with E-state index in [0.29, 0.717) is 25.1 Å². The average molecular weight is 378 g/mol. The van der Waals surface area contributed by atoms with Crippen LogP contribution in [0.2, 0.25) is 0 Å². The number of nitrogens with two attached hydrogens (primary N) is 1. The van der Waals surface area contributed by atoms with Gasteiger partial charge in [0.25, 0.3) is 5.69 Å². The molecule has 0 unspecified atom stereocenters. The van der Waals surface area contributed by atoms with Crippen molar-refractivity contribution in [3.8, 4) is 0 Å². The number of rotatable bonds is 7. The van der Waals surface area contributed by atoms with Gasteiger partial charge in [-0.2, -0.15) is 0 Å². The minimum atomic E-state index is -0.431. The van der Waals surface area contributed by atoms with Crippen LogP contribution in [-0.4, -0.2) is 21.8 Å². The molecular formula is C19H24ClN3O3. The zero-order chi connectivity index (χ0) is 18.4. The van der Waals surface area contributed by atoms with Gasteiger partial charge in [0, 0.05) is 36.8 Å². The molecule has 0 saturated carbocycles. The molecule has 2 aromatic carbocycles. The van der Waals surface area contributed by atoms with E-state index < -0.39 is 4.92 Å². The van der Waals surface area contributed by atoms with Gasteiger partial charge in [0.15, 0.2) is 0 Å². The number of carbonyl (C=O) groups excluding carboxylic acids is 1. The molecule has 0 bridgehead atoms. The molecule has 0 aromatic heterocycles. The van der Waals surface area contributed by atoms with Gasteiger partial charge >= 0.3 is 0 Å². The summed E-state index contributed by atoms with van der Waals surface area (Å²) < 4.78 is 0. The Bertz CT molecular complexity index is 748. The predicted molar refractivity (Wildman–Crippen MR) is 105 cm³/mol. The van der Waals surface area contributed by atoms with Crippen LogP contribution in [0.15, 0.2) is 48.5 Å². The van der Waals surface area contributed by atoms with Crippen LogP contribution in [0.5, 0.6) is 0 Å². The third-order valence-corrected chi connectivity index (χ3v) is 4.11. The molecule has 0 aliphatic heterocycles. The SMILES string of the molecule is CC(C)N(Cc1ccc([N+](=O)[O-])cc1)C(=O)CCc1ccccc1N.Cl. The summed E-state index contributed by atoms with van der Waals surface area (Å²) in [4.78, 5) is 24.7. The van der Waals surface area contributed by atoms with Crippen LogP contribution < -0.4 is 5.73 Å². The first-order valence-electron chi connectivity index (χ1n) is 8.24. The maximum Gasteiger partial charge on any atom is 0.269 e. The molecule has 0 saturated heterocycles. The first-order chi connectivity index (χ1) is 11.9. The quantitative estimate of drug-likeness (QED) is 0.449. The number of hydrogen-bond acceptors (Lipinski definition) is 4. The fourth-order valence-electron chi connectivity index (χ4n) is 2.63. The second-order valence-electron chi connectivity index (χ2n) is 6.24. The third-order valence-electron chi connectivity index (χ3n) is 4.11. The number of para-hydroxylation sites is 1. The summed E-state index contributed by atoms with van der Waals surface area (Å²) in [6.07, 6.45) is 0.967. The maximum absolute atomic E-state index is 12.6. The van der Waals surface area contributed by atoms with Crippen LogP contribution in [0.25, 0.3) is 0 Å². The fourth-order valence-corrected chi connectivity index (χ4v) is 2.63. The van der Waals surface area contributed by atoms with Crippen LogP contribution in [-0.2, 0) is 17.8 Å². The van der Waals surface area contributed by atoms with Crippen molar-refractivity contribution in [2.45, 2.75) is 39.3 Å². The molecular weight excluding hydrogens is 354 g/mol. The van der Waals surface area contributed by atoms with Crippen LogP contribution in [0, 0.1) is 10.1 Å². The highest BCUT2D eigenvalue weighted by Gasteiger charge is 2.18. The second-order valence-corrected chi connectivity index (χ2v) is 6.24. The molecule has 7 heteroatoms. The Balaban J connectivity index is 0.00000338. The number of benzene rings is 2. The Morgan fingerprint density at radius 2 is 1.77 bits per heavy atom. The van der Waals surface area contributed by atoms with E-state index in [1.807, 2.05) is 38.1 Å². The number of hydrogen-bond donors (Lipinski definition) is 1. The van der Waals surface area contributed by atoms with Crippen molar-refractivity contribution < 1.29 is 9.72 Å². The maximum atomic E-state index is 12.6. The molecule has 140 valence electrons. The zero-order valence-electron chi connectivity index (χ0n) is 14.9. The van der Waals surface area contributed by atoms with E-state index >= 15 is 0 Å². The van der Waals surface area contributed by atoms with Crippen molar-refractivity contribution in [1.29, 1.82) is 0 Å². The zero-order valence-corrected chi connectivity index (χ0v) is 15.7. The molecule has 0 aliphatic rings. The standard InChI is InChI=1S/C19H23N3O3.ClH/c1-14(2)21(13-15-7-10-17(11-8-15)22(24)25)19(23)12-9-16-5-3-4-6-18(16)20;/h3-8,10-11,14H,9,12-13,20H2,1-2H3;1H. The monoisotopic (exact) mass is 377 g/mol. The highest BCUT2D eigenvalue weighted by molar-refractivity contribution is 5.85. The van der Waals surface area contributed by atoms with E-state index in [1.165, 1.54) is 12.1 Å². The summed E-state index contributed by atoms with van der Waals surface area (Å²) in [5.41, 5.74) is 8.50. The van der Waals surface area contributed by atoms with E-state index in [-0.39, 0.29) is 30.0 Å². The highest BCUT2D eigenvalue weighted by Crippen LogP contribution is 2.17. The van der Waals surface area contributed by atoms with Gasteiger partial charge in [-0.15, -0.1) is 12.4 Å². The molecule has 0 heterocycles. The average Bonchev–Trinajstić information content (AvgIpc) is 2.58. The number of amides is 1. The van der Waals surface area contributed by atoms with Crippen LogP contribution >= 0.6 is 12.4 Å². The van der Waals surface area contributed by atoms with Gasteiger partial charge in [0.1, 0.15) is 0 Å². The van der Waals surface area contributed by atoms with E-state index in [9.17, 15) is 14.9 Å². The predicted octanol–water partition coefficient (Wildman–Crippen LogP) is 3.97. The number of carbonyl (C=O) groups is 1. The molecule has 0 radical (unpaired) electrons. The van der Waals surface area contributed by atoms with Gasteiger partial charge in [-0.1, -0.05) is 30.3 Å². The number of nitrogen functional groups attached to an aromatic ring is 1. The molecule has 0 spiro atoms. The van der Waals surface area contributed by atoms with Gasteiger partial charge < -0.3 is 10.6 Å². The summed E-state index contributed by atoms with van der Waals surface area (Å²) in [6.45, 7) is 4.35. The molecule has 6 nitrogen and oxygen atoms in total. The Labute approximate surface area is 159 Å². The molecule has 2 rings (SSSR count). The molecule has 2 N–H and O–H groups in total. The second kappa shape index (κ2) is 9.77. The van der Waals surface area contributed by atoms with Crippen molar-refractivity contribution in [2.75, 3.05) is 5.73 Å². The molecule has 0 aliphatic carbocycles. The number of nitro groups is 1. The van der Waals surface area contributed by atoms with Crippen molar-refractivity contribution in [2.24, 2.45) is 0 Å². The van der Waals surface area contributed by atoms with E-state index in [1.54, 1.807) is 17.0 Å². The molecule has 26 heavy (non-hydrogen) atoms. The number of nitro benzene ring substituents is 1. The molecule has 1 amide bonds. The van der Waals surface area contributed by atoms with Gasteiger partial charge in [-0.3, -0.25) is 14.9 Å². The number of nitrogens with zero attached hydrogens (tertiary/aromatic N) is 2. The smallest absolute Gasteiger partial charge is 0.269 e. The number of non-ortho nitro benzene ring substituents is 1. The molecule has 0 fully saturated rings. The molecule has 0 atom stereocenters. The van der Waals surface area contributed by atoms with Gasteiger partial charge in [-0.05, 0) is 37.5 Å². The number of halogens is 1. The van der Waals surface area contributed by atoms with E-state index in [2.05, 4.69) is 0 Å². The lowest BCUT2D eigenvalue weighted by atomic mass is 10.1. The van der Waals surface area contributed by atoms with Crippen molar-refractivity contribution in [1.82, 2.24) is 4.90 Å². The van der Waals surface area contributed by atoms with Crippen molar-refractivity contribution >= 4 is 29.7 Å². The normalized spacial score (nSPS) is 10.3. The van der Waals surface area contributed by atoms with E-state index in [4.69, 9.17) is 5.73 Å². The lowest BCUT2D eigenvalue weighted by molar-refractivity contribution is -0.384. The highest BCUT2D eigenvalue weighted by atomic mass is 35.5. The van der Waals surface area contributed by atoms with Gasteiger partial charge in [0.2, 0.25) is 5.91 Å². The largest absolute Gasteiger partial charge is 0.399 e. The Hall–Kier alpha value is -2.60. The Kier molecular flexibility index (Phi) is 8.06. The number of anilines is 1. The summed E-state index contributed by atoms with van der Waals surface area (Å²) in [7, 11) is 0. The summed E-state index contributed by atoms with van der Waals surface area (Å²) in [5.74, 6) is 0.0385. The summed E-state index contributed by atoms with van der Waals surface area (Å²) in [6, 6.07) is 13.9. The first kappa shape index (κ1) is 21.4. The topological polar surface area (TPSA) is 89.5 Å². The summed E-state index contributed by atoms with van der Waals surface area (Å²) >= 11 is 0. The lowest BCUT2D eigenvalue weighted by Gasteiger charge is -2.27. The van der Waals surface area contributed by atoms with Crippen LogP contribution in [0.4, 0.5) is 11.4 Å². The van der Waals surface area contributed by atoms with Crippen LogP contribution in [0.1, 0.15) is 31.4 Å². The van der Waals surface area contributed by atoms with E-state index in [0.717, 1.165) is 11.1 Å². The Morgan fingerprint density at radius 3 is 2.31 bits per heavy atom. The van der Waals surface area contributed by atoms with Gasteiger partial charge in [-0.25, -0.2) is 0 Å². The molecule has 2 aromatic rings. The Morgan fingerprint density at radius 1 is 1.15 bits per heavy atom. The minimum Gasteiger partial charge on any atom is -0.399 e. The van der Waals surface area contributed by atoms with Crippen molar-refractivity contribution in [3.05, 3.63) is 69.8 Å². The summed E-state index contributed by atoms with van der Waals surface area (Å²) in [5, 5.41) is 10.7. The van der Waals surface area contributed by atoms with Crippen molar-refractivity contribution in [3.63, 3.8) is 0 Å². The fraction of sp³-hybridized carbons (Fsp3) is 0.316. The minimum absolute atomic E-state index is 0. The number of aryl methyl sites for hydroxylation is 1. The lowest BCUT2D eigenvalue weighted by Crippen LogP contribution is -2.36. The van der Waals surface area contributed by atoms with Gasteiger partial charge in [0.05, 0.1) is 4.92 Å². The third kappa shape index (κ3) is 5.74. The van der Waals surface area contributed by atoms with Crippen LogP contribution in [0.3, 0.4) is 0 Å². The first-order valence-corrected chi connectivity index (χ1v) is 8.24.